The first-order valence-electron chi connectivity index (χ1n) is 9.86. The lowest BCUT2D eigenvalue weighted by Gasteiger charge is -2.19. The van der Waals surface area contributed by atoms with Gasteiger partial charge in [-0.15, -0.1) is 0 Å². The molecule has 0 amide bonds. The largest absolute Gasteiger partial charge is 0.460 e. The molecule has 0 bridgehead atoms. The predicted octanol–water partition coefficient (Wildman–Crippen LogP) is 4.40. The summed E-state index contributed by atoms with van der Waals surface area (Å²) >= 11 is 0. The van der Waals surface area contributed by atoms with Crippen LogP contribution in [0, 0.1) is 6.92 Å². The minimum absolute atomic E-state index is 0.148. The number of benzene rings is 1. The van der Waals surface area contributed by atoms with Gasteiger partial charge in [0.15, 0.2) is 0 Å². The van der Waals surface area contributed by atoms with Gasteiger partial charge in [-0.1, -0.05) is 24.1 Å². The van der Waals surface area contributed by atoms with Crippen molar-refractivity contribution in [3.05, 3.63) is 29.8 Å². The molecule has 28 heavy (non-hydrogen) atoms. The number of hydrogen-bond donors (Lipinski definition) is 0. The molecule has 1 rings (SSSR count). The first kappa shape index (κ1) is 24.6. The van der Waals surface area contributed by atoms with E-state index >= 15 is 0 Å². The Labute approximate surface area is 169 Å². The first-order chi connectivity index (χ1) is 13.1. The maximum atomic E-state index is 12.0. The molecule has 160 valence electrons. The van der Waals surface area contributed by atoms with Gasteiger partial charge < -0.3 is 9.47 Å². The number of rotatable bonds is 13. The molecule has 0 saturated heterocycles. The van der Waals surface area contributed by atoms with Crippen LogP contribution in [0.15, 0.2) is 29.2 Å². The molecule has 7 heteroatoms. The van der Waals surface area contributed by atoms with E-state index in [4.69, 9.17) is 13.7 Å². The van der Waals surface area contributed by atoms with E-state index in [1.165, 1.54) is 0 Å². The number of carbonyl (C=O) groups excluding carboxylic acids is 1. The van der Waals surface area contributed by atoms with Crippen LogP contribution in [0.25, 0.3) is 0 Å². The van der Waals surface area contributed by atoms with Crippen molar-refractivity contribution < 1.29 is 26.9 Å². The molecule has 0 saturated carbocycles. The van der Waals surface area contributed by atoms with Crippen molar-refractivity contribution >= 4 is 16.1 Å². The van der Waals surface area contributed by atoms with Crippen molar-refractivity contribution in [2.75, 3.05) is 19.8 Å². The molecular formula is C21H34O6S. The summed E-state index contributed by atoms with van der Waals surface area (Å²) in [5.41, 5.74) is 0.574. The molecule has 0 aliphatic heterocycles. The van der Waals surface area contributed by atoms with Gasteiger partial charge in [-0.3, -0.25) is 8.98 Å². The molecule has 1 aromatic carbocycles. The van der Waals surface area contributed by atoms with Crippen LogP contribution >= 0.6 is 0 Å². The van der Waals surface area contributed by atoms with E-state index in [0.29, 0.717) is 26.1 Å². The zero-order valence-electron chi connectivity index (χ0n) is 17.5. The summed E-state index contributed by atoms with van der Waals surface area (Å²) in [7, 11) is -3.68. The second kappa shape index (κ2) is 12.2. The molecule has 1 aromatic rings. The summed E-state index contributed by atoms with van der Waals surface area (Å²) in [6, 6.07) is 6.60. The number of ether oxygens (including phenoxy) is 2. The van der Waals surface area contributed by atoms with Crippen molar-refractivity contribution in [1.82, 2.24) is 0 Å². The number of aryl methyl sites for hydroxylation is 1. The van der Waals surface area contributed by atoms with Crippen LogP contribution in [-0.4, -0.2) is 39.8 Å². The molecule has 0 atom stereocenters. The number of carbonyl (C=O) groups is 1. The zero-order valence-corrected chi connectivity index (χ0v) is 18.3. The van der Waals surface area contributed by atoms with Gasteiger partial charge in [0.1, 0.15) is 5.60 Å². The van der Waals surface area contributed by atoms with Gasteiger partial charge >= 0.3 is 5.97 Å². The summed E-state index contributed by atoms with van der Waals surface area (Å²) in [6.07, 6.45) is 4.39. The Morgan fingerprint density at radius 1 is 0.893 bits per heavy atom. The molecule has 0 fully saturated rings. The molecule has 0 heterocycles. The molecule has 0 radical (unpaired) electrons. The van der Waals surface area contributed by atoms with Crippen molar-refractivity contribution in [3.63, 3.8) is 0 Å². The highest BCUT2D eigenvalue weighted by Crippen LogP contribution is 2.14. The zero-order chi connectivity index (χ0) is 21.0. The number of hydrogen-bond acceptors (Lipinski definition) is 6. The normalized spacial score (nSPS) is 12.1. The van der Waals surface area contributed by atoms with Crippen molar-refractivity contribution in [1.29, 1.82) is 0 Å². The molecule has 0 spiro atoms. The Hall–Kier alpha value is -1.44. The fourth-order valence-corrected chi connectivity index (χ4v) is 3.34. The lowest BCUT2D eigenvalue weighted by atomic mass is 10.1. The summed E-state index contributed by atoms with van der Waals surface area (Å²) in [5.74, 6) is -0.158. The van der Waals surface area contributed by atoms with Gasteiger partial charge in [-0.25, -0.2) is 0 Å². The van der Waals surface area contributed by atoms with E-state index in [1.807, 2.05) is 27.7 Å². The second-order valence-corrected chi connectivity index (χ2v) is 9.42. The highest BCUT2D eigenvalue weighted by atomic mass is 32.2. The smallest absolute Gasteiger partial charge is 0.306 e. The van der Waals surface area contributed by atoms with E-state index in [1.54, 1.807) is 24.3 Å². The summed E-state index contributed by atoms with van der Waals surface area (Å²) in [6.45, 7) is 8.84. The second-order valence-electron chi connectivity index (χ2n) is 7.81. The molecule has 6 nitrogen and oxygen atoms in total. The first-order valence-corrected chi connectivity index (χ1v) is 11.3. The minimum Gasteiger partial charge on any atom is -0.460 e. The maximum Gasteiger partial charge on any atom is 0.306 e. The fraction of sp³-hybridized carbons (Fsp3) is 0.667. The Bertz CT molecular complexity index is 674. The van der Waals surface area contributed by atoms with Gasteiger partial charge in [0.25, 0.3) is 10.1 Å². The minimum atomic E-state index is -3.68. The predicted molar refractivity (Wildman–Crippen MR) is 109 cm³/mol. The SMILES string of the molecule is Cc1ccc(S(=O)(=O)OCCCCOCCCCCC(=O)OC(C)(C)C)cc1. The summed E-state index contributed by atoms with van der Waals surface area (Å²) in [4.78, 5) is 11.7. The topological polar surface area (TPSA) is 78.9 Å². The van der Waals surface area contributed by atoms with Gasteiger partial charge in [0.05, 0.1) is 11.5 Å². The average Bonchev–Trinajstić information content (AvgIpc) is 2.58. The monoisotopic (exact) mass is 414 g/mol. The lowest BCUT2D eigenvalue weighted by Crippen LogP contribution is -2.23. The van der Waals surface area contributed by atoms with E-state index in [0.717, 1.165) is 31.2 Å². The standard InChI is InChI=1S/C21H34O6S/c1-18-11-13-19(14-12-18)28(23,24)26-17-9-8-16-25-15-7-5-6-10-20(22)27-21(2,3)4/h11-14H,5-10,15-17H2,1-4H3. The van der Waals surface area contributed by atoms with Crippen molar-refractivity contribution in [3.8, 4) is 0 Å². The molecular weight excluding hydrogens is 380 g/mol. The van der Waals surface area contributed by atoms with Gasteiger partial charge in [0.2, 0.25) is 0 Å². The lowest BCUT2D eigenvalue weighted by molar-refractivity contribution is -0.154. The van der Waals surface area contributed by atoms with E-state index in [2.05, 4.69) is 0 Å². The Morgan fingerprint density at radius 3 is 2.07 bits per heavy atom. The van der Waals surface area contributed by atoms with Crippen LogP contribution in [0.4, 0.5) is 0 Å². The van der Waals surface area contributed by atoms with Crippen molar-refractivity contribution in [2.24, 2.45) is 0 Å². The van der Waals surface area contributed by atoms with Crippen LogP contribution < -0.4 is 0 Å². The van der Waals surface area contributed by atoms with Gasteiger partial charge in [-0.05, 0) is 65.5 Å². The van der Waals surface area contributed by atoms with Crippen LogP contribution in [0.3, 0.4) is 0 Å². The third kappa shape index (κ3) is 11.4. The quantitative estimate of drug-likeness (QED) is 0.270. The van der Waals surface area contributed by atoms with Crippen LogP contribution in [0.1, 0.15) is 64.9 Å². The summed E-state index contributed by atoms with van der Waals surface area (Å²) < 4.78 is 39.9. The number of esters is 1. The van der Waals surface area contributed by atoms with Crippen LogP contribution in [0.5, 0.6) is 0 Å². The van der Waals surface area contributed by atoms with Crippen LogP contribution in [0.2, 0.25) is 0 Å². The molecule has 0 unspecified atom stereocenters. The maximum absolute atomic E-state index is 12.0. The Kier molecular flexibility index (Phi) is 10.7. The molecule has 0 N–H and O–H groups in total. The third-order valence-electron chi connectivity index (χ3n) is 3.82. The highest BCUT2D eigenvalue weighted by Gasteiger charge is 2.15. The van der Waals surface area contributed by atoms with Gasteiger partial charge in [0, 0.05) is 19.6 Å². The molecule has 0 aliphatic rings. The molecule has 0 aliphatic carbocycles. The van der Waals surface area contributed by atoms with Crippen molar-refractivity contribution in [2.45, 2.75) is 76.7 Å². The highest BCUT2D eigenvalue weighted by molar-refractivity contribution is 7.86. The van der Waals surface area contributed by atoms with E-state index in [9.17, 15) is 13.2 Å². The summed E-state index contributed by atoms with van der Waals surface area (Å²) in [5, 5.41) is 0. The Morgan fingerprint density at radius 2 is 1.46 bits per heavy atom. The third-order valence-corrected chi connectivity index (χ3v) is 5.15. The average molecular weight is 415 g/mol. The fourth-order valence-electron chi connectivity index (χ4n) is 2.39. The van der Waals surface area contributed by atoms with Gasteiger partial charge in [-0.2, -0.15) is 8.42 Å². The van der Waals surface area contributed by atoms with Crippen LogP contribution in [-0.2, 0) is 28.6 Å². The molecule has 0 aromatic heterocycles. The number of unbranched alkanes of at least 4 members (excludes halogenated alkanes) is 3. The Balaban J connectivity index is 1.99. The van der Waals surface area contributed by atoms with E-state index in [-0.39, 0.29) is 17.5 Å². The van der Waals surface area contributed by atoms with E-state index < -0.39 is 15.7 Å².